The van der Waals surface area contributed by atoms with E-state index in [9.17, 15) is 13.6 Å². The number of nitrogens with one attached hydrogen (secondary N) is 2. The SMILES string of the molecule is O=C(Nc1nnc(SCc2ccccc2)s1)C1CC(F)(F)CN1. The normalized spacial score (nSPS) is 19.7. The van der Waals surface area contributed by atoms with Crippen molar-refractivity contribution in [2.75, 3.05) is 11.9 Å². The molecule has 122 valence electrons. The fourth-order valence-corrected chi connectivity index (χ4v) is 3.84. The van der Waals surface area contributed by atoms with E-state index < -0.39 is 30.8 Å². The molecule has 1 unspecified atom stereocenters. The van der Waals surface area contributed by atoms with Gasteiger partial charge in [0.25, 0.3) is 5.92 Å². The minimum Gasteiger partial charge on any atom is -0.300 e. The highest BCUT2D eigenvalue weighted by Crippen LogP contribution is 2.29. The summed E-state index contributed by atoms with van der Waals surface area (Å²) in [6.45, 7) is -0.473. The van der Waals surface area contributed by atoms with Crippen LogP contribution in [0, 0.1) is 0 Å². The summed E-state index contributed by atoms with van der Waals surface area (Å²) in [5, 5.41) is 13.2. The van der Waals surface area contributed by atoms with Crippen LogP contribution >= 0.6 is 23.1 Å². The molecule has 1 atom stereocenters. The zero-order valence-electron chi connectivity index (χ0n) is 12.0. The van der Waals surface area contributed by atoms with E-state index in [0.717, 1.165) is 11.3 Å². The second-order valence-corrected chi connectivity index (χ2v) is 7.33. The first-order valence-corrected chi connectivity index (χ1v) is 8.74. The monoisotopic (exact) mass is 356 g/mol. The average molecular weight is 356 g/mol. The van der Waals surface area contributed by atoms with Crippen molar-refractivity contribution < 1.29 is 13.6 Å². The molecule has 1 aliphatic heterocycles. The van der Waals surface area contributed by atoms with Crippen LogP contribution in [0.5, 0.6) is 0 Å². The summed E-state index contributed by atoms with van der Waals surface area (Å²) in [6.07, 6.45) is -0.493. The maximum absolute atomic E-state index is 13.1. The summed E-state index contributed by atoms with van der Waals surface area (Å²) in [5.74, 6) is -2.59. The van der Waals surface area contributed by atoms with E-state index in [2.05, 4.69) is 20.8 Å². The number of aromatic nitrogens is 2. The molecule has 0 spiro atoms. The van der Waals surface area contributed by atoms with Crippen molar-refractivity contribution in [1.29, 1.82) is 0 Å². The van der Waals surface area contributed by atoms with Gasteiger partial charge in [-0.25, -0.2) is 8.78 Å². The number of hydrogen-bond donors (Lipinski definition) is 2. The van der Waals surface area contributed by atoms with E-state index in [-0.39, 0.29) is 0 Å². The number of thioether (sulfide) groups is 1. The Morgan fingerprint density at radius 2 is 2.17 bits per heavy atom. The third-order valence-electron chi connectivity index (χ3n) is 3.27. The van der Waals surface area contributed by atoms with Crippen molar-refractivity contribution in [1.82, 2.24) is 15.5 Å². The van der Waals surface area contributed by atoms with Gasteiger partial charge in [-0.1, -0.05) is 53.4 Å². The molecule has 0 radical (unpaired) electrons. The molecule has 5 nitrogen and oxygen atoms in total. The molecule has 0 aliphatic carbocycles. The van der Waals surface area contributed by atoms with Gasteiger partial charge in [-0.3, -0.25) is 15.4 Å². The smallest absolute Gasteiger partial charge is 0.262 e. The average Bonchev–Trinajstić information content (AvgIpc) is 3.12. The van der Waals surface area contributed by atoms with Gasteiger partial charge in [0.2, 0.25) is 11.0 Å². The van der Waals surface area contributed by atoms with Crippen LogP contribution in [0.1, 0.15) is 12.0 Å². The lowest BCUT2D eigenvalue weighted by atomic mass is 10.2. The van der Waals surface area contributed by atoms with Crippen molar-refractivity contribution in [2.45, 2.75) is 28.5 Å². The summed E-state index contributed by atoms with van der Waals surface area (Å²) in [7, 11) is 0. The third kappa shape index (κ3) is 4.46. The zero-order valence-corrected chi connectivity index (χ0v) is 13.6. The molecule has 1 aromatic heterocycles. The zero-order chi connectivity index (χ0) is 16.3. The van der Waals surface area contributed by atoms with E-state index >= 15 is 0 Å². The number of hydrogen-bond acceptors (Lipinski definition) is 6. The molecular weight excluding hydrogens is 342 g/mol. The van der Waals surface area contributed by atoms with Crippen molar-refractivity contribution in [2.24, 2.45) is 0 Å². The van der Waals surface area contributed by atoms with Gasteiger partial charge in [0.15, 0.2) is 4.34 Å². The lowest BCUT2D eigenvalue weighted by Crippen LogP contribution is -2.35. The Labute approximate surface area is 139 Å². The van der Waals surface area contributed by atoms with Crippen LogP contribution in [0.2, 0.25) is 0 Å². The van der Waals surface area contributed by atoms with Gasteiger partial charge >= 0.3 is 0 Å². The van der Waals surface area contributed by atoms with Crippen LogP contribution < -0.4 is 10.6 Å². The molecule has 2 heterocycles. The first-order chi connectivity index (χ1) is 11.0. The van der Waals surface area contributed by atoms with E-state index in [1.165, 1.54) is 23.1 Å². The Hall–Kier alpha value is -1.58. The van der Waals surface area contributed by atoms with Crippen LogP contribution in [-0.4, -0.2) is 34.6 Å². The second kappa shape index (κ2) is 6.90. The molecule has 3 rings (SSSR count). The lowest BCUT2D eigenvalue weighted by Gasteiger charge is -2.08. The maximum Gasteiger partial charge on any atom is 0.262 e. The number of halogens is 2. The van der Waals surface area contributed by atoms with E-state index in [0.29, 0.717) is 9.47 Å². The number of amides is 1. The Morgan fingerprint density at radius 3 is 2.87 bits per heavy atom. The van der Waals surface area contributed by atoms with Crippen LogP contribution in [0.4, 0.5) is 13.9 Å². The first-order valence-electron chi connectivity index (χ1n) is 6.94. The molecular formula is C14H14F2N4OS2. The number of carbonyl (C=O) groups excluding carboxylic acids is 1. The quantitative estimate of drug-likeness (QED) is 0.637. The molecule has 2 aromatic rings. The van der Waals surface area contributed by atoms with Crippen LogP contribution in [0.3, 0.4) is 0 Å². The fourth-order valence-electron chi connectivity index (χ4n) is 2.13. The molecule has 0 saturated carbocycles. The minimum absolute atomic E-state index is 0.322. The van der Waals surface area contributed by atoms with Crippen molar-refractivity contribution in [3.63, 3.8) is 0 Å². The number of benzene rings is 1. The van der Waals surface area contributed by atoms with Gasteiger partial charge in [0.1, 0.15) is 0 Å². The number of carbonyl (C=O) groups is 1. The molecule has 1 aromatic carbocycles. The van der Waals surface area contributed by atoms with Gasteiger partial charge in [0, 0.05) is 12.2 Å². The molecule has 1 aliphatic rings. The van der Waals surface area contributed by atoms with E-state index in [1.54, 1.807) is 0 Å². The van der Waals surface area contributed by atoms with Crippen molar-refractivity contribution >= 4 is 34.1 Å². The Balaban J connectivity index is 1.52. The topological polar surface area (TPSA) is 66.9 Å². The summed E-state index contributed by atoms with van der Waals surface area (Å²) >= 11 is 2.74. The molecule has 23 heavy (non-hydrogen) atoms. The van der Waals surface area contributed by atoms with Crippen molar-refractivity contribution in [3.8, 4) is 0 Å². The summed E-state index contributed by atoms with van der Waals surface area (Å²) in [4.78, 5) is 11.9. The first kappa shape index (κ1) is 16.3. The number of rotatable bonds is 5. The number of nitrogens with zero attached hydrogens (tertiary/aromatic N) is 2. The fraction of sp³-hybridized carbons (Fsp3) is 0.357. The summed E-state index contributed by atoms with van der Waals surface area (Å²) in [6, 6.07) is 9.02. The standard InChI is InChI=1S/C14H14F2N4OS2/c15-14(16)6-10(17-8-14)11(21)18-12-19-20-13(23-12)22-7-9-4-2-1-3-5-9/h1-5,10,17H,6-8H2,(H,18,19,21). The van der Waals surface area contributed by atoms with Crippen molar-refractivity contribution in [3.05, 3.63) is 35.9 Å². The van der Waals surface area contributed by atoms with Gasteiger partial charge in [-0.2, -0.15) is 0 Å². The number of anilines is 1. The summed E-state index contributed by atoms with van der Waals surface area (Å²) in [5.41, 5.74) is 1.16. The molecule has 9 heteroatoms. The van der Waals surface area contributed by atoms with Gasteiger partial charge in [-0.15, -0.1) is 10.2 Å². The summed E-state index contributed by atoms with van der Waals surface area (Å²) < 4.78 is 26.9. The Morgan fingerprint density at radius 1 is 1.39 bits per heavy atom. The van der Waals surface area contributed by atoms with Gasteiger partial charge < -0.3 is 0 Å². The predicted molar refractivity (Wildman–Crippen MR) is 85.9 cm³/mol. The molecule has 0 bridgehead atoms. The highest BCUT2D eigenvalue weighted by molar-refractivity contribution is 8.00. The predicted octanol–water partition coefficient (Wildman–Crippen LogP) is 2.77. The largest absolute Gasteiger partial charge is 0.300 e. The molecule has 1 fully saturated rings. The highest BCUT2D eigenvalue weighted by Gasteiger charge is 2.42. The highest BCUT2D eigenvalue weighted by atomic mass is 32.2. The van der Waals surface area contributed by atoms with E-state index in [4.69, 9.17) is 0 Å². The second-order valence-electron chi connectivity index (χ2n) is 5.13. The molecule has 1 saturated heterocycles. The molecule has 2 N–H and O–H groups in total. The van der Waals surface area contributed by atoms with E-state index in [1.807, 2.05) is 30.3 Å². The van der Waals surface area contributed by atoms with Crippen LogP contribution in [-0.2, 0) is 10.5 Å². The van der Waals surface area contributed by atoms with Crippen LogP contribution in [0.15, 0.2) is 34.7 Å². The lowest BCUT2D eigenvalue weighted by molar-refractivity contribution is -0.118. The maximum atomic E-state index is 13.1. The van der Waals surface area contributed by atoms with Gasteiger partial charge in [-0.05, 0) is 5.56 Å². The molecule has 1 amide bonds. The minimum atomic E-state index is -2.83. The van der Waals surface area contributed by atoms with Gasteiger partial charge in [0.05, 0.1) is 12.6 Å². The third-order valence-corrected chi connectivity index (χ3v) is 5.31. The Kier molecular flexibility index (Phi) is 4.88. The van der Waals surface area contributed by atoms with Crippen LogP contribution in [0.25, 0.3) is 0 Å². The Bertz CT molecular complexity index is 680. The number of alkyl halides is 2.